The lowest BCUT2D eigenvalue weighted by Gasteiger charge is -2.32. The third-order valence-corrected chi connectivity index (χ3v) is 6.29. The zero-order chi connectivity index (χ0) is 25.8. The van der Waals surface area contributed by atoms with Crippen molar-refractivity contribution in [2.45, 2.75) is 45.6 Å². The number of ether oxygens (including phenoxy) is 1. The van der Waals surface area contributed by atoms with Crippen molar-refractivity contribution in [3.8, 4) is 0 Å². The molecule has 3 rings (SSSR count). The van der Waals surface area contributed by atoms with Gasteiger partial charge in [-0.25, -0.2) is 4.79 Å². The Bertz CT molecular complexity index is 1010. The average Bonchev–Trinajstić information content (AvgIpc) is 3.01. The first-order valence-electron chi connectivity index (χ1n) is 11.6. The van der Waals surface area contributed by atoms with E-state index in [9.17, 15) is 24.0 Å². The number of hydrogen-bond acceptors (Lipinski definition) is 6. The molecule has 2 N–H and O–H groups in total. The smallest absolute Gasteiger partial charge is 0.407 e. The maximum absolute atomic E-state index is 12.5. The van der Waals surface area contributed by atoms with Crippen molar-refractivity contribution in [3.63, 3.8) is 0 Å². The molecule has 11 heteroatoms. The topological polar surface area (TPSA) is 125 Å². The maximum Gasteiger partial charge on any atom is 0.407 e. The second kappa shape index (κ2) is 11.2. The van der Waals surface area contributed by atoms with Gasteiger partial charge in [0.15, 0.2) is 0 Å². The van der Waals surface area contributed by atoms with Crippen molar-refractivity contribution < 1.29 is 28.7 Å². The number of benzene rings is 1. The van der Waals surface area contributed by atoms with Crippen LogP contribution in [-0.2, 0) is 14.3 Å². The molecule has 0 aromatic heterocycles. The van der Waals surface area contributed by atoms with Crippen LogP contribution in [0.1, 0.15) is 60.7 Å². The zero-order valence-electron chi connectivity index (χ0n) is 20.2. The van der Waals surface area contributed by atoms with E-state index in [0.29, 0.717) is 29.7 Å². The second-order valence-corrected chi connectivity index (χ2v) is 10.6. The molecule has 0 unspecified atom stereocenters. The minimum Gasteiger partial charge on any atom is -0.444 e. The summed E-state index contributed by atoms with van der Waals surface area (Å²) in [6.45, 7) is 6.74. The first-order valence-corrected chi connectivity index (χ1v) is 12.4. The maximum atomic E-state index is 12.5. The normalized spacial score (nSPS) is 16.2. The summed E-state index contributed by atoms with van der Waals surface area (Å²) in [6, 6.07) is 4.83. The van der Waals surface area contributed by atoms with Crippen molar-refractivity contribution in [2.24, 2.45) is 5.92 Å². The molecular formula is C24H31BrN4O6. The molecule has 1 aromatic carbocycles. The van der Waals surface area contributed by atoms with E-state index in [1.54, 1.807) is 43.9 Å². The van der Waals surface area contributed by atoms with E-state index >= 15 is 0 Å². The summed E-state index contributed by atoms with van der Waals surface area (Å²) in [5, 5.41) is 5.39. The minimum absolute atomic E-state index is 0.0409. The Morgan fingerprint density at radius 1 is 1.06 bits per heavy atom. The van der Waals surface area contributed by atoms with E-state index in [1.165, 1.54) is 0 Å². The number of piperidine rings is 1. The zero-order valence-corrected chi connectivity index (χ0v) is 21.8. The number of imide groups is 1. The van der Waals surface area contributed by atoms with Crippen LogP contribution in [0.15, 0.2) is 22.7 Å². The van der Waals surface area contributed by atoms with Crippen LogP contribution in [0.25, 0.3) is 0 Å². The van der Waals surface area contributed by atoms with Gasteiger partial charge in [0.2, 0.25) is 11.8 Å². The Balaban J connectivity index is 1.35. The molecule has 0 atom stereocenters. The SMILES string of the molecule is CC(C)(C)OC(=O)NCCC(=O)N1CCC(CNC(=O)CN2C(=O)c3ccc(Br)cc3C2=O)CC1. The van der Waals surface area contributed by atoms with Gasteiger partial charge < -0.3 is 20.3 Å². The lowest BCUT2D eigenvalue weighted by Crippen LogP contribution is -2.45. The molecule has 1 aromatic rings. The summed E-state index contributed by atoms with van der Waals surface area (Å²) >= 11 is 3.28. The number of rotatable bonds is 7. The highest BCUT2D eigenvalue weighted by atomic mass is 79.9. The van der Waals surface area contributed by atoms with E-state index in [0.717, 1.165) is 17.7 Å². The van der Waals surface area contributed by atoms with Gasteiger partial charge in [-0.05, 0) is 57.7 Å². The molecular weight excluding hydrogens is 520 g/mol. The van der Waals surface area contributed by atoms with Gasteiger partial charge in [0.1, 0.15) is 12.1 Å². The Morgan fingerprint density at radius 3 is 2.37 bits per heavy atom. The fraction of sp³-hybridized carbons (Fsp3) is 0.542. The molecule has 35 heavy (non-hydrogen) atoms. The molecule has 190 valence electrons. The molecule has 10 nitrogen and oxygen atoms in total. The number of nitrogens with zero attached hydrogens (tertiary/aromatic N) is 2. The van der Waals surface area contributed by atoms with Crippen LogP contribution in [0.2, 0.25) is 0 Å². The third-order valence-electron chi connectivity index (χ3n) is 5.80. The molecule has 1 saturated heterocycles. The lowest BCUT2D eigenvalue weighted by atomic mass is 9.96. The van der Waals surface area contributed by atoms with Gasteiger partial charge >= 0.3 is 6.09 Å². The molecule has 0 saturated carbocycles. The molecule has 0 spiro atoms. The Kier molecular flexibility index (Phi) is 8.52. The summed E-state index contributed by atoms with van der Waals surface area (Å²) in [4.78, 5) is 64.2. The predicted octanol–water partition coefficient (Wildman–Crippen LogP) is 2.31. The van der Waals surface area contributed by atoms with Gasteiger partial charge in [-0.2, -0.15) is 0 Å². The number of amides is 5. The Morgan fingerprint density at radius 2 is 1.71 bits per heavy atom. The quantitative estimate of drug-likeness (QED) is 0.502. The van der Waals surface area contributed by atoms with Gasteiger partial charge in [0.05, 0.1) is 11.1 Å². The Labute approximate surface area is 212 Å². The molecule has 0 radical (unpaired) electrons. The van der Waals surface area contributed by atoms with Gasteiger partial charge in [0.25, 0.3) is 11.8 Å². The third kappa shape index (κ3) is 7.27. The number of likely N-dealkylation sites (tertiary alicyclic amines) is 1. The summed E-state index contributed by atoms with van der Waals surface area (Å²) in [5.74, 6) is -1.19. The van der Waals surface area contributed by atoms with Gasteiger partial charge in [0, 0.05) is 37.1 Å². The molecule has 2 aliphatic heterocycles. The van der Waals surface area contributed by atoms with Crippen LogP contribution in [0.5, 0.6) is 0 Å². The van der Waals surface area contributed by atoms with E-state index in [4.69, 9.17) is 4.74 Å². The van der Waals surface area contributed by atoms with Crippen LogP contribution in [0.4, 0.5) is 4.79 Å². The number of alkyl carbamates (subject to hydrolysis) is 1. The van der Waals surface area contributed by atoms with Crippen molar-refractivity contribution in [1.82, 2.24) is 20.4 Å². The summed E-state index contributed by atoms with van der Waals surface area (Å²) in [5.41, 5.74) is -0.00676. The fourth-order valence-electron chi connectivity index (χ4n) is 3.99. The molecule has 2 heterocycles. The summed E-state index contributed by atoms with van der Waals surface area (Å²) < 4.78 is 5.84. The number of carbonyl (C=O) groups is 5. The van der Waals surface area contributed by atoms with Crippen molar-refractivity contribution in [3.05, 3.63) is 33.8 Å². The van der Waals surface area contributed by atoms with E-state index in [-0.39, 0.29) is 36.9 Å². The fourth-order valence-corrected chi connectivity index (χ4v) is 4.36. The van der Waals surface area contributed by atoms with Crippen LogP contribution in [0, 0.1) is 5.92 Å². The van der Waals surface area contributed by atoms with Crippen LogP contribution in [-0.4, -0.2) is 77.8 Å². The highest BCUT2D eigenvalue weighted by Crippen LogP contribution is 2.26. The van der Waals surface area contributed by atoms with Crippen LogP contribution in [0.3, 0.4) is 0 Å². The molecule has 5 amide bonds. The van der Waals surface area contributed by atoms with E-state index in [1.807, 2.05) is 0 Å². The predicted molar refractivity (Wildman–Crippen MR) is 131 cm³/mol. The van der Waals surface area contributed by atoms with E-state index < -0.39 is 29.4 Å². The van der Waals surface area contributed by atoms with Crippen molar-refractivity contribution in [2.75, 3.05) is 32.7 Å². The molecule has 0 bridgehead atoms. The lowest BCUT2D eigenvalue weighted by molar-refractivity contribution is -0.132. The molecule has 0 aliphatic carbocycles. The first-order chi connectivity index (χ1) is 16.4. The molecule has 2 aliphatic rings. The summed E-state index contributed by atoms with van der Waals surface area (Å²) in [6.07, 6.45) is 1.10. The van der Waals surface area contributed by atoms with Crippen LogP contribution < -0.4 is 10.6 Å². The van der Waals surface area contributed by atoms with Gasteiger partial charge in [-0.1, -0.05) is 15.9 Å². The monoisotopic (exact) mass is 550 g/mol. The first kappa shape index (κ1) is 26.7. The largest absolute Gasteiger partial charge is 0.444 e. The summed E-state index contributed by atoms with van der Waals surface area (Å²) in [7, 11) is 0. The molecule has 1 fully saturated rings. The number of carbonyl (C=O) groups excluding carboxylic acids is 5. The number of fused-ring (bicyclic) bond motifs is 1. The van der Waals surface area contributed by atoms with Gasteiger partial charge in [-0.3, -0.25) is 24.1 Å². The minimum atomic E-state index is -0.590. The number of hydrogen-bond donors (Lipinski definition) is 2. The van der Waals surface area contributed by atoms with Crippen LogP contribution >= 0.6 is 15.9 Å². The van der Waals surface area contributed by atoms with E-state index in [2.05, 4.69) is 26.6 Å². The highest BCUT2D eigenvalue weighted by molar-refractivity contribution is 9.10. The highest BCUT2D eigenvalue weighted by Gasteiger charge is 2.36. The Hall–Kier alpha value is -2.95. The standard InChI is InChI=1S/C24H31BrN4O6/c1-24(2,3)35-23(34)26-9-6-20(31)28-10-7-15(8-11-28)13-27-19(30)14-29-21(32)17-5-4-16(25)12-18(17)22(29)33/h4-5,12,15H,6-11,13-14H2,1-3H3,(H,26,34)(H,27,30). The van der Waals surface area contributed by atoms with Crippen molar-refractivity contribution >= 4 is 45.7 Å². The second-order valence-electron chi connectivity index (χ2n) is 9.69. The average molecular weight is 551 g/mol. The van der Waals surface area contributed by atoms with Crippen molar-refractivity contribution in [1.29, 1.82) is 0 Å². The number of nitrogens with one attached hydrogen (secondary N) is 2. The number of halogens is 1. The van der Waals surface area contributed by atoms with Gasteiger partial charge in [-0.15, -0.1) is 0 Å².